The third-order valence-electron chi connectivity index (χ3n) is 5.25. The van der Waals surface area contributed by atoms with Crippen LogP contribution in [0.2, 0.25) is 0 Å². The highest BCUT2D eigenvalue weighted by molar-refractivity contribution is 7.17. The van der Waals surface area contributed by atoms with Gasteiger partial charge < -0.3 is 10.1 Å². The molecule has 1 amide bonds. The summed E-state index contributed by atoms with van der Waals surface area (Å²) in [6, 6.07) is 18.0. The lowest BCUT2D eigenvalue weighted by atomic mass is 9.91. The Bertz CT molecular complexity index is 1210. The van der Waals surface area contributed by atoms with E-state index < -0.39 is 0 Å². The standard InChI is InChI=1S/C23H20N4O2S/c1-29-17-10-8-15(9-11-17)22-25-20(26-27-22)13-24-23(28)19-12-16-7-6-14-4-2-3-5-18(14)21(16)30-19/h2-5,8-12H,6-7,13H2,1H3,(H,24,28)(H,25,26,27). The van der Waals surface area contributed by atoms with Crippen LogP contribution >= 0.6 is 11.3 Å². The quantitative estimate of drug-likeness (QED) is 0.510. The molecule has 2 aromatic carbocycles. The number of hydrogen-bond acceptors (Lipinski definition) is 5. The van der Waals surface area contributed by atoms with Crippen molar-refractivity contribution in [2.75, 3.05) is 7.11 Å². The van der Waals surface area contributed by atoms with Gasteiger partial charge in [-0.3, -0.25) is 9.89 Å². The first-order chi connectivity index (χ1) is 14.7. The van der Waals surface area contributed by atoms with Crippen molar-refractivity contribution in [3.63, 3.8) is 0 Å². The number of nitrogens with zero attached hydrogens (tertiary/aromatic N) is 2. The average Bonchev–Trinajstić information content (AvgIpc) is 3.45. The number of thiophene rings is 1. The third kappa shape index (κ3) is 3.48. The number of carbonyl (C=O) groups is 1. The van der Waals surface area contributed by atoms with Crippen LogP contribution in [0.3, 0.4) is 0 Å². The Morgan fingerprint density at radius 2 is 1.93 bits per heavy atom. The second-order valence-electron chi connectivity index (χ2n) is 7.14. The van der Waals surface area contributed by atoms with Crippen LogP contribution in [0.15, 0.2) is 54.6 Å². The first kappa shape index (κ1) is 18.6. The molecule has 150 valence electrons. The molecule has 0 aliphatic heterocycles. The number of aromatic nitrogens is 3. The lowest BCUT2D eigenvalue weighted by molar-refractivity contribution is 0.0954. The number of benzene rings is 2. The van der Waals surface area contributed by atoms with E-state index in [4.69, 9.17) is 4.74 Å². The van der Waals surface area contributed by atoms with Gasteiger partial charge >= 0.3 is 0 Å². The van der Waals surface area contributed by atoms with Crippen molar-refractivity contribution in [3.05, 3.63) is 76.4 Å². The minimum Gasteiger partial charge on any atom is -0.497 e. The zero-order chi connectivity index (χ0) is 20.5. The zero-order valence-corrected chi connectivity index (χ0v) is 17.3. The fourth-order valence-electron chi connectivity index (χ4n) is 3.68. The maximum Gasteiger partial charge on any atom is 0.261 e. The highest BCUT2D eigenvalue weighted by Crippen LogP contribution is 2.39. The van der Waals surface area contributed by atoms with Gasteiger partial charge in [-0.2, -0.15) is 5.10 Å². The molecule has 0 saturated heterocycles. The summed E-state index contributed by atoms with van der Waals surface area (Å²) in [6.45, 7) is 0.293. The molecule has 0 fully saturated rings. The van der Waals surface area contributed by atoms with Crippen LogP contribution < -0.4 is 10.1 Å². The topological polar surface area (TPSA) is 79.9 Å². The van der Waals surface area contributed by atoms with Crippen LogP contribution in [0.5, 0.6) is 5.75 Å². The minimum absolute atomic E-state index is 0.0886. The number of methoxy groups -OCH3 is 1. The summed E-state index contributed by atoms with van der Waals surface area (Å²) in [5, 5.41) is 10.1. The molecule has 0 unspecified atom stereocenters. The van der Waals surface area contributed by atoms with Gasteiger partial charge in [-0.1, -0.05) is 24.3 Å². The summed E-state index contributed by atoms with van der Waals surface area (Å²) >= 11 is 1.56. The fourth-order valence-corrected chi connectivity index (χ4v) is 4.87. The van der Waals surface area contributed by atoms with Gasteiger partial charge in [0.1, 0.15) is 11.6 Å². The van der Waals surface area contributed by atoms with E-state index in [0.717, 1.165) is 29.0 Å². The maximum absolute atomic E-state index is 12.7. The molecule has 0 radical (unpaired) electrons. The molecule has 1 aliphatic rings. The van der Waals surface area contributed by atoms with Crippen LogP contribution in [0, 0.1) is 0 Å². The summed E-state index contributed by atoms with van der Waals surface area (Å²) in [4.78, 5) is 19.1. The lowest BCUT2D eigenvalue weighted by Gasteiger charge is -2.15. The van der Waals surface area contributed by atoms with Gasteiger partial charge in [0.15, 0.2) is 5.82 Å². The molecule has 4 aromatic rings. The van der Waals surface area contributed by atoms with Gasteiger partial charge in [0.05, 0.1) is 18.5 Å². The summed E-state index contributed by atoms with van der Waals surface area (Å²) in [6.07, 6.45) is 2.00. The number of amides is 1. The molecule has 30 heavy (non-hydrogen) atoms. The molecule has 2 aromatic heterocycles. The Balaban J connectivity index is 1.27. The van der Waals surface area contributed by atoms with Crippen molar-refractivity contribution >= 4 is 17.2 Å². The van der Waals surface area contributed by atoms with Crippen molar-refractivity contribution in [2.45, 2.75) is 19.4 Å². The number of fused-ring (bicyclic) bond motifs is 3. The van der Waals surface area contributed by atoms with Gasteiger partial charge in [-0.05, 0) is 59.9 Å². The van der Waals surface area contributed by atoms with Crippen molar-refractivity contribution in [2.24, 2.45) is 0 Å². The molecule has 0 bridgehead atoms. The van der Waals surface area contributed by atoms with Crippen molar-refractivity contribution in [3.8, 4) is 27.6 Å². The molecular weight excluding hydrogens is 396 g/mol. The Kier molecular flexibility index (Phi) is 4.80. The predicted octanol–water partition coefficient (Wildman–Crippen LogP) is 4.24. The van der Waals surface area contributed by atoms with Gasteiger partial charge in [0.25, 0.3) is 5.91 Å². The average molecular weight is 417 g/mol. The van der Waals surface area contributed by atoms with E-state index in [1.54, 1.807) is 18.4 Å². The van der Waals surface area contributed by atoms with Crippen LogP contribution in [0.25, 0.3) is 21.8 Å². The van der Waals surface area contributed by atoms with E-state index in [-0.39, 0.29) is 5.91 Å². The molecule has 0 saturated carbocycles. The highest BCUT2D eigenvalue weighted by Gasteiger charge is 2.21. The van der Waals surface area contributed by atoms with E-state index in [1.807, 2.05) is 30.3 Å². The lowest BCUT2D eigenvalue weighted by Crippen LogP contribution is -2.22. The number of ether oxygens (including phenoxy) is 1. The number of H-pyrrole nitrogens is 1. The minimum atomic E-state index is -0.0886. The Morgan fingerprint density at radius 1 is 1.13 bits per heavy atom. The van der Waals surface area contributed by atoms with E-state index in [9.17, 15) is 4.79 Å². The van der Waals surface area contributed by atoms with Crippen LogP contribution in [-0.2, 0) is 19.4 Å². The molecule has 0 spiro atoms. The number of aryl methyl sites for hydroxylation is 2. The molecule has 1 aliphatic carbocycles. The first-order valence-electron chi connectivity index (χ1n) is 9.76. The summed E-state index contributed by atoms with van der Waals surface area (Å²) in [5.74, 6) is 1.89. The third-order valence-corrected chi connectivity index (χ3v) is 6.46. The van der Waals surface area contributed by atoms with Crippen LogP contribution in [0.1, 0.15) is 26.6 Å². The van der Waals surface area contributed by atoms with E-state index in [2.05, 4.69) is 44.8 Å². The van der Waals surface area contributed by atoms with Crippen LogP contribution in [0.4, 0.5) is 0 Å². The van der Waals surface area contributed by atoms with Crippen molar-refractivity contribution < 1.29 is 9.53 Å². The molecule has 6 nitrogen and oxygen atoms in total. The number of rotatable bonds is 5. The zero-order valence-electron chi connectivity index (χ0n) is 16.4. The van der Waals surface area contributed by atoms with E-state index in [1.165, 1.54) is 21.6 Å². The molecule has 2 heterocycles. The number of hydrogen-bond donors (Lipinski definition) is 2. The summed E-state index contributed by atoms with van der Waals surface area (Å²) in [5.41, 5.74) is 4.74. The fraction of sp³-hybridized carbons (Fsp3) is 0.174. The summed E-state index contributed by atoms with van der Waals surface area (Å²) in [7, 11) is 1.63. The van der Waals surface area contributed by atoms with E-state index >= 15 is 0 Å². The van der Waals surface area contributed by atoms with Crippen LogP contribution in [-0.4, -0.2) is 28.2 Å². The monoisotopic (exact) mass is 416 g/mol. The van der Waals surface area contributed by atoms with Gasteiger partial charge in [-0.15, -0.1) is 11.3 Å². The molecule has 2 N–H and O–H groups in total. The Morgan fingerprint density at radius 3 is 2.77 bits per heavy atom. The Hall–Kier alpha value is -3.45. The molecule has 5 rings (SSSR count). The smallest absolute Gasteiger partial charge is 0.261 e. The second-order valence-corrected chi connectivity index (χ2v) is 8.19. The highest BCUT2D eigenvalue weighted by atomic mass is 32.1. The molecule has 0 atom stereocenters. The van der Waals surface area contributed by atoms with Crippen molar-refractivity contribution in [1.29, 1.82) is 0 Å². The SMILES string of the molecule is COc1ccc(-c2n[nH]c(CNC(=O)c3cc4c(s3)-c3ccccc3CC4)n2)cc1. The van der Waals surface area contributed by atoms with Gasteiger partial charge in [0, 0.05) is 10.4 Å². The van der Waals surface area contributed by atoms with E-state index in [0.29, 0.717) is 18.2 Å². The first-order valence-corrected chi connectivity index (χ1v) is 10.6. The van der Waals surface area contributed by atoms with Gasteiger partial charge in [-0.25, -0.2) is 4.98 Å². The van der Waals surface area contributed by atoms with Crippen molar-refractivity contribution in [1.82, 2.24) is 20.5 Å². The number of nitrogens with one attached hydrogen (secondary N) is 2. The normalized spacial score (nSPS) is 12.2. The second kappa shape index (κ2) is 7.76. The molecular formula is C23H20N4O2S. The number of carbonyl (C=O) groups excluding carboxylic acids is 1. The maximum atomic E-state index is 12.7. The molecule has 7 heteroatoms. The largest absolute Gasteiger partial charge is 0.497 e. The Labute approximate surface area is 178 Å². The predicted molar refractivity (Wildman–Crippen MR) is 117 cm³/mol. The summed E-state index contributed by atoms with van der Waals surface area (Å²) < 4.78 is 5.17. The van der Waals surface area contributed by atoms with Gasteiger partial charge in [0.2, 0.25) is 0 Å². The number of aromatic amines is 1.